The van der Waals surface area contributed by atoms with Crippen LogP contribution >= 0.6 is 0 Å². The van der Waals surface area contributed by atoms with E-state index in [0.717, 1.165) is 28.6 Å². The number of hydrogen-bond acceptors (Lipinski definition) is 10. The van der Waals surface area contributed by atoms with Crippen LogP contribution in [-0.2, 0) is 41.6 Å². The molecule has 3 amide bonds. The first-order valence-corrected chi connectivity index (χ1v) is 17.4. The van der Waals surface area contributed by atoms with Gasteiger partial charge in [0, 0.05) is 42.7 Å². The SMILES string of the molecule is CN1C[C@H](C(=O)N[C@]2(C)O[C@@]3(O)[C@@H]4CCCN4C(=O)C(Cc4ccccc4)N3C2=O)C=C2c3cccc4[nH]cc(c34)C[C@H]21.O=C(O)C(O)C(O)C(=O)O. The van der Waals surface area contributed by atoms with Crippen molar-refractivity contribution in [2.75, 3.05) is 20.1 Å². The minimum atomic E-state index is -2.27. The highest BCUT2D eigenvalue weighted by atomic mass is 16.7. The molecule has 8 rings (SSSR count). The summed E-state index contributed by atoms with van der Waals surface area (Å²) in [5.41, 5.74) is 3.58. The average Bonchev–Trinajstić information content (AvgIpc) is 3.84. The molecular weight excluding hydrogens is 690 g/mol. The minimum absolute atomic E-state index is 0.144. The Bertz CT molecular complexity index is 2000. The Morgan fingerprint density at radius 3 is 2.42 bits per heavy atom. The van der Waals surface area contributed by atoms with Gasteiger partial charge in [0.25, 0.3) is 11.8 Å². The van der Waals surface area contributed by atoms with Crippen LogP contribution in [0.15, 0.2) is 60.8 Å². The van der Waals surface area contributed by atoms with E-state index in [4.69, 9.17) is 25.2 Å². The number of rotatable bonds is 7. The number of hydrogen-bond donors (Lipinski definition) is 7. The quantitative estimate of drug-likeness (QED) is 0.168. The van der Waals surface area contributed by atoms with Crippen molar-refractivity contribution in [2.24, 2.45) is 5.92 Å². The highest BCUT2D eigenvalue weighted by Crippen LogP contribution is 2.46. The maximum absolute atomic E-state index is 14.2. The predicted octanol–water partition coefficient (Wildman–Crippen LogP) is -0.132. The summed E-state index contributed by atoms with van der Waals surface area (Å²) in [7, 11) is 2.02. The molecule has 3 aromatic rings. The summed E-state index contributed by atoms with van der Waals surface area (Å²) < 4.78 is 6.23. The van der Waals surface area contributed by atoms with E-state index in [1.807, 2.05) is 49.5 Å². The van der Waals surface area contributed by atoms with E-state index in [1.165, 1.54) is 22.8 Å². The molecule has 0 bridgehead atoms. The Labute approximate surface area is 303 Å². The lowest BCUT2D eigenvalue weighted by molar-refractivity contribution is -0.315. The standard InChI is InChI=1S/C33H35N5O5.C4H6O6/c1-32(35-29(39)21-15-23-22-10-6-11-24-28(22)20(17-34-24)16-25(23)36(2)18-21)31(41)38-26(14-19-8-4-3-5-9-19)30(40)37-13-7-12-27(37)33(38,42)43-32;5-1(3(7)8)2(6)4(9)10/h3-6,8-11,15,17,21,25-27,34,42H,7,12-14,16,18H2,1-2H3,(H,35,39);1-2,5-6H,(H,7,8)(H,9,10)/t21-,25-,26?,27+,32-,33+;/m1./s1. The van der Waals surface area contributed by atoms with Crippen LogP contribution in [0.3, 0.4) is 0 Å². The monoisotopic (exact) mass is 731 g/mol. The van der Waals surface area contributed by atoms with Crippen LogP contribution in [0.1, 0.15) is 36.5 Å². The summed E-state index contributed by atoms with van der Waals surface area (Å²) in [6.07, 6.45) is 1.85. The van der Waals surface area contributed by atoms with Gasteiger partial charge in [-0.05, 0) is 61.6 Å². The number of aromatic amines is 1. The van der Waals surface area contributed by atoms with Crippen molar-refractivity contribution in [3.05, 3.63) is 77.5 Å². The lowest BCUT2D eigenvalue weighted by Gasteiger charge is -2.48. The molecule has 3 unspecified atom stereocenters. The van der Waals surface area contributed by atoms with Gasteiger partial charge >= 0.3 is 11.9 Å². The summed E-state index contributed by atoms with van der Waals surface area (Å²) >= 11 is 0. The number of likely N-dealkylation sites (N-methyl/N-ethyl adjacent to an activating group) is 1. The molecule has 1 aromatic heterocycles. The third-order valence-corrected chi connectivity index (χ3v) is 10.9. The molecular formula is C37H41N5O11. The highest BCUT2D eigenvalue weighted by Gasteiger charge is 2.70. The maximum atomic E-state index is 14.2. The number of carbonyl (C=O) groups excluding carboxylic acids is 3. The number of fused-ring (bicyclic) bond motifs is 5. The molecule has 4 aliphatic heterocycles. The summed E-state index contributed by atoms with van der Waals surface area (Å²) in [6, 6.07) is 14.1. The van der Waals surface area contributed by atoms with Crippen molar-refractivity contribution in [2.45, 2.75) is 74.6 Å². The fourth-order valence-corrected chi connectivity index (χ4v) is 8.39. The van der Waals surface area contributed by atoms with E-state index in [1.54, 1.807) is 4.90 Å². The van der Waals surface area contributed by atoms with Crippen LogP contribution in [0.4, 0.5) is 0 Å². The van der Waals surface area contributed by atoms with E-state index in [0.29, 0.717) is 25.9 Å². The lowest BCUT2D eigenvalue weighted by Crippen LogP contribution is -2.71. The van der Waals surface area contributed by atoms with Crippen molar-refractivity contribution in [1.29, 1.82) is 0 Å². The molecule has 0 saturated carbocycles. The number of H-pyrrole nitrogens is 1. The van der Waals surface area contributed by atoms with Crippen LogP contribution in [0.25, 0.3) is 16.5 Å². The molecule has 280 valence electrons. The van der Waals surface area contributed by atoms with E-state index in [9.17, 15) is 29.1 Å². The highest BCUT2D eigenvalue weighted by molar-refractivity contribution is 6.01. The van der Waals surface area contributed by atoms with Gasteiger partial charge in [-0.15, -0.1) is 0 Å². The second kappa shape index (κ2) is 13.4. The van der Waals surface area contributed by atoms with Gasteiger partial charge in [-0.1, -0.05) is 48.5 Å². The lowest BCUT2D eigenvalue weighted by atomic mass is 9.79. The van der Waals surface area contributed by atoms with Gasteiger partial charge < -0.3 is 40.7 Å². The molecule has 53 heavy (non-hydrogen) atoms. The Morgan fingerprint density at radius 1 is 1.04 bits per heavy atom. The van der Waals surface area contributed by atoms with Crippen molar-refractivity contribution in [3.63, 3.8) is 0 Å². The van der Waals surface area contributed by atoms with E-state index in [2.05, 4.69) is 33.5 Å². The summed E-state index contributed by atoms with van der Waals surface area (Å²) in [6.45, 7) is 2.45. The Balaban J connectivity index is 0.000000384. The van der Waals surface area contributed by atoms with Gasteiger partial charge in [0.2, 0.25) is 17.5 Å². The van der Waals surface area contributed by atoms with Crippen molar-refractivity contribution in [3.8, 4) is 0 Å². The number of piperazine rings is 1. The number of carboxylic acids is 2. The number of benzene rings is 2. The molecule has 8 atom stereocenters. The van der Waals surface area contributed by atoms with Gasteiger partial charge in [-0.2, -0.15) is 0 Å². The molecule has 0 spiro atoms. The van der Waals surface area contributed by atoms with Gasteiger partial charge in [0.05, 0.1) is 5.92 Å². The Hall–Kier alpha value is -5.13. The van der Waals surface area contributed by atoms with Gasteiger partial charge in [-0.3, -0.25) is 28.9 Å². The molecule has 5 heterocycles. The van der Waals surface area contributed by atoms with E-state index < -0.39 is 59.7 Å². The number of carboxylic acid groups (broad SMARTS) is 2. The number of ether oxygens (including phenoxy) is 1. The minimum Gasteiger partial charge on any atom is -0.479 e. The number of carbonyl (C=O) groups is 5. The third kappa shape index (κ3) is 6.05. The second-order valence-corrected chi connectivity index (χ2v) is 14.3. The smallest absolute Gasteiger partial charge is 0.335 e. The summed E-state index contributed by atoms with van der Waals surface area (Å²) in [4.78, 5) is 69.8. The molecule has 3 saturated heterocycles. The van der Waals surface area contributed by atoms with Gasteiger partial charge in [0.1, 0.15) is 12.1 Å². The molecule has 3 fully saturated rings. The molecule has 16 nitrogen and oxygen atoms in total. The number of aliphatic hydroxyl groups excluding tert-OH is 2. The summed E-state index contributed by atoms with van der Waals surface area (Å²) in [5, 5.41) is 48.6. The fourth-order valence-electron chi connectivity index (χ4n) is 8.39. The molecule has 1 aliphatic carbocycles. The number of nitrogens with one attached hydrogen (secondary N) is 2. The van der Waals surface area contributed by atoms with E-state index >= 15 is 0 Å². The number of aliphatic carboxylic acids is 2. The second-order valence-electron chi connectivity index (χ2n) is 14.3. The van der Waals surface area contributed by atoms with E-state index in [-0.39, 0.29) is 24.3 Å². The molecule has 5 aliphatic rings. The third-order valence-electron chi connectivity index (χ3n) is 10.9. The average molecular weight is 732 g/mol. The fraction of sp³-hybridized carbons (Fsp3) is 0.432. The molecule has 0 radical (unpaired) electrons. The summed E-state index contributed by atoms with van der Waals surface area (Å²) in [5.74, 6) is -7.30. The van der Waals surface area contributed by atoms with Crippen LogP contribution in [0.5, 0.6) is 0 Å². The zero-order chi connectivity index (χ0) is 38.0. The van der Waals surface area contributed by atoms with Crippen LogP contribution in [-0.4, -0.2) is 137 Å². The first-order valence-electron chi connectivity index (χ1n) is 17.4. The molecule has 7 N–H and O–H groups in total. The van der Waals surface area contributed by atoms with Crippen molar-refractivity contribution < 1.29 is 54.2 Å². The van der Waals surface area contributed by atoms with Crippen LogP contribution < -0.4 is 5.32 Å². The van der Waals surface area contributed by atoms with Gasteiger partial charge in [0.15, 0.2) is 12.2 Å². The zero-order valence-corrected chi connectivity index (χ0v) is 29.0. The zero-order valence-electron chi connectivity index (χ0n) is 29.0. The molecule has 2 aromatic carbocycles. The number of aliphatic hydroxyl groups is 3. The molecule has 16 heteroatoms. The Kier molecular flexibility index (Phi) is 9.14. The van der Waals surface area contributed by atoms with Crippen LogP contribution in [0.2, 0.25) is 0 Å². The maximum Gasteiger partial charge on any atom is 0.335 e. The number of aromatic nitrogens is 1. The van der Waals surface area contributed by atoms with Crippen molar-refractivity contribution >= 4 is 46.1 Å². The Morgan fingerprint density at radius 2 is 1.74 bits per heavy atom. The number of nitrogens with zero attached hydrogens (tertiary/aromatic N) is 3. The first kappa shape index (κ1) is 36.2. The van der Waals surface area contributed by atoms with Crippen LogP contribution in [0, 0.1) is 5.92 Å². The van der Waals surface area contributed by atoms with Gasteiger partial charge in [-0.25, -0.2) is 9.59 Å². The topological polar surface area (TPSA) is 233 Å². The normalized spacial score (nSPS) is 30.0. The first-order chi connectivity index (χ1) is 25.1. The van der Waals surface area contributed by atoms with Crippen molar-refractivity contribution in [1.82, 2.24) is 25.0 Å². The number of amides is 3. The predicted molar refractivity (Wildman–Crippen MR) is 185 cm³/mol. The largest absolute Gasteiger partial charge is 0.479 e.